The minimum Gasteiger partial charge on any atom is -0.537 e. The van der Waals surface area contributed by atoms with Crippen LogP contribution in [0.2, 0.25) is 0 Å². The SMILES string of the molecule is C.CC1(C)c2cc(-c3ccc4ccccc4c3)ccc2-c2nc3c(nc21)-c1ccc(N(c2ccccc2)c2ccc4ccccc4c2)cc1C3(C)C.CC1(C)c2cc(Br)ccc2-c2nc3c(nc21)-c1ccc(-c2ccc4ccccc4c2)cc1C3(C)C.O[B]Oc1ccc2ccccc2c1. The van der Waals surface area contributed by atoms with Crippen LogP contribution in [0.5, 0.6) is 5.75 Å². The smallest absolute Gasteiger partial charge is 0.537 e. The molecule has 4 aliphatic rings. The standard InChI is InChI=1S/C48H37N3.C32H25BrN2.C10H8BO2.CH4/c1-47(2)41-28-35(34-19-18-30-12-8-10-14-32(30)26-34)21-24-39(41)43-45(47)50-44-40-25-23-38(29-42(40)48(3,4)46(44)49-43)51(36-16-6-5-7-17-36)37-22-20-31-13-9-11-15-33(31)27-37;1-31(2)25-16-21(20-10-9-18-7-5-6-8-19(18)15-20)11-13-23(25)27-29(31)35-28-24-14-12-22(33)17-26(24)32(3,4)30(28)34-27;12-11-13-10-6-5-8-3-1-2-4-9(8)7-10;/h5-29H,1-4H3;5-17H,1-4H3;1-7,12H;1H4. The highest BCUT2D eigenvalue weighted by molar-refractivity contribution is 9.10. The lowest BCUT2D eigenvalue weighted by Crippen LogP contribution is -2.20. The first-order valence-corrected chi connectivity index (χ1v) is 34.8. The average Bonchev–Trinajstić information content (AvgIpc) is 1.55. The highest BCUT2D eigenvalue weighted by Crippen LogP contribution is 2.57. The zero-order chi connectivity index (χ0) is 67.7. The quantitative estimate of drug-likeness (QED) is 0.159. The first-order chi connectivity index (χ1) is 47.9. The van der Waals surface area contributed by atoms with Crippen LogP contribution in [0, 0.1) is 0 Å². The summed E-state index contributed by atoms with van der Waals surface area (Å²) in [5.74, 6) is 0.640. The Balaban J connectivity index is 0.000000136. The van der Waals surface area contributed by atoms with E-state index in [9.17, 15) is 0 Å². The summed E-state index contributed by atoms with van der Waals surface area (Å²) < 4.78 is 5.94. The van der Waals surface area contributed by atoms with Gasteiger partial charge in [-0.15, -0.1) is 0 Å². The first kappa shape index (κ1) is 63.9. The van der Waals surface area contributed by atoms with Crippen molar-refractivity contribution in [2.75, 3.05) is 4.90 Å². The van der Waals surface area contributed by atoms with E-state index < -0.39 is 0 Å². The van der Waals surface area contributed by atoms with Gasteiger partial charge in [-0.3, -0.25) is 0 Å². The van der Waals surface area contributed by atoms with Crippen LogP contribution < -0.4 is 9.55 Å². The van der Waals surface area contributed by atoms with Gasteiger partial charge in [0.05, 0.1) is 45.6 Å². The van der Waals surface area contributed by atoms with Gasteiger partial charge in [-0.05, 0) is 173 Å². The second kappa shape index (κ2) is 24.3. The Kier molecular flexibility index (Phi) is 15.5. The Morgan fingerprint density at radius 3 is 1.08 bits per heavy atom. The summed E-state index contributed by atoms with van der Waals surface area (Å²) >= 11 is 3.65. The third-order valence-electron chi connectivity index (χ3n) is 21.2. The van der Waals surface area contributed by atoms with E-state index in [2.05, 4.69) is 307 Å². The molecule has 0 amide bonds. The number of anilines is 3. The molecule has 15 aromatic rings. The number of para-hydroxylation sites is 1. The Morgan fingerprint density at radius 2 is 0.630 bits per heavy atom. The second-order valence-electron chi connectivity index (χ2n) is 28.7. The van der Waals surface area contributed by atoms with Gasteiger partial charge >= 0.3 is 7.69 Å². The molecule has 0 saturated carbocycles. The number of benzene rings is 13. The van der Waals surface area contributed by atoms with Crippen molar-refractivity contribution in [2.24, 2.45) is 0 Å². The van der Waals surface area contributed by atoms with Crippen molar-refractivity contribution in [3.8, 4) is 73.0 Å². The molecule has 0 fully saturated rings. The maximum Gasteiger partial charge on any atom is 0.569 e. The summed E-state index contributed by atoms with van der Waals surface area (Å²) in [7, 11) is 0.685. The van der Waals surface area contributed by atoms with E-state index in [1.807, 2.05) is 42.5 Å². The fourth-order valence-corrected chi connectivity index (χ4v) is 16.1. The molecule has 0 bridgehead atoms. The first-order valence-electron chi connectivity index (χ1n) is 34.0. The van der Waals surface area contributed by atoms with Crippen molar-refractivity contribution in [3.05, 3.63) is 322 Å². The molecule has 1 radical (unpaired) electrons. The molecular formula is C91H74BBrN5O2. The van der Waals surface area contributed by atoms with Crippen LogP contribution in [-0.4, -0.2) is 32.6 Å². The fraction of sp³-hybridized carbons (Fsp3) is 0.143. The predicted molar refractivity (Wildman–Crippen MR) is 419 cm³/mol. The largest absolute Gasteiger partial charge is 0.569 e. The number of hydrogen-bond donors (Lipinski definition) is 1. The number of aromatic nitrogens is 4. The molecule has 0 saturated heterocycles. The lowest BCUT2D eigenvalue weighted by molar-refractivity contribution is 0.454. The Morgan fingerprint density at radius 1 is 0.310 bits per heavy atom. The van der Waals surface area contributed by atoms with Gasteiger partial charge in [0.25, 0.3) is 0 Å². The summed E-state index contributed by atoms with van der Waals surface area (Å²) in [5, 5.41) is 18.2. The Bertz CT molecular complexity index is 5820. The van der Waals surface area contributed by atoms with E-state index in [1.54, 1.807) is 0 Å². The molecule has 7 nitrogen and oxygen atoms in total. The summed E-state index contributed by atoms with van der Waals surface area (Å²) in [6.07, 6.45) is 0. The van der Waals surface area contributed by atoms with E-state index >= 15 is 0 Å². The zero-order valence-corrected chi connectivity index (χ0v) is 58.1. The molecule has 9 heteroatoms. The molecule has 4 aliphatic carbocycles. The van der Waals surface area contributed by atoms with E-state index in [-0.39, 0.29) is 29.1 Å². The highest BCUT2D eigenvalue weighted by atomic mass is 79.9. The Labute approximate surface area is 594 Å². The van der Waals surface area contributed by atoms with Crippen LogP contribution >= 0.6 is 15.9 Å². The van der Waals surface area contributed by atoms with Crippen LogP contribution in [0.1, 0.15) is 108 Å². The highest BCUT2D eigenvalue weighted by Gasteiger charge is 2.47. The number of nitrogens with zero attached hydrogens (tertiary/aromatic N) is 5. The van der Waals surface area contributed by atoms with Gasteiger partial charge in [-0.1, -0.05) is 267 Å². The van der Waals surface area contributed by atoms with E-state index in [1.165, 1.54) is 99.1 Å². The molecule has 0 unspecified atom stereocenters. The molecule has 0 spiro atoms. The normalized spacial score (nSPS) is 14.3. The second-order valence-corrected chi connectivity index (χ2v) is 29.7. The van der Waals surface area contributed by atoms with Crippen molar-refractivity contribution >= 4 is 83.8 Å². The van der Waals surface area contributed by atoms with Gasteiger partial charge in [-0.2, -0.15) is 0 Å². The minimum absolute atomic E-state index is 0. The van der Waals surface area contributed by atoms with Crippen molar-refractivity contribution in [1.29, 1.82) is 0 Å². The average molecular weight is 1360 g/mol. The van der Waals surface area contributed by atoms with Gasteiger partial charge in [0, 0.05) is 65.4 Å². The molecule has 2 heterocycles. The molecule has 100 heavy (non-hydrogen) atoms. The monoisotopic (exact) mass is 1360 g/mol. The van der Waals surface area contributed by atoms with Gasteiger partial charge < -0.3 is 14.6 Å². The zero-order valence-electron chi connectivity index (χ0n) is 56.5. The maximum atomic E-state index is 8.44. The van der Waals surface area contributed by atoms with Crippen LogP contribution in [0.25, 0.3) is 110 Å². The lowest BCUT2D eigenvalue weighted by atomic mass is 9.83. The van der Waals surface area contributed by atoms with E-state index in [0.717, 1.165) is 77.9 Å². The van der Waals surface area contributed by atoms with Crippen molar-refractivity contribution in [3.63, 3.8) is 0 Å². The third-order valence-corrected chi connectivity index (χ3v) is 21.7. The van der Waals surface area contributed by atoms with Gasteiger partial charge in [0.1, 0.15) is 5.75 Å². The molecule has 485 valence electrons. The third kappa shape index (κ3) is 10.5. The number of fused-ring (bicyclic) bond motifs is 16. The summed E-state index contributed by atoms with van der Waals surface area (Å²) in [5.41, 5.74) is 25.5. The van der Waals surface area contributed by atoms with Gasteiger partial charge in [-0.25, -0.2) is 19.9 Å². The fourth-order valence-electron chi connectivity index (χ4n) is 15.8. The van der Waals surface area contributed by atoms with Crippen molar-refractivity contribution in [1.82, 2.24) is 19.9 Å². The molecule has 0 atom stereocenters. The molecule has 1 N–H and O–H groups in total. The topological polar surface area (TPSA) is 84.3 Å². The van der Waals surface area contributed by atoms with Crippen LogP contribution in [0.15, 0.2) is 277 Å². The number of rotatable bonds is 7. The summed E-state index contributed by atoms with van der Waals surface area (Å²) in [4.78, 5) is 24.1. The van der Waals surface area contributed by atoms with Crippen LogP contribution in [-0.2, 0) is 21.7 Å². The number of halogens is 1. The molecule has 0 aliphatic heterocycles. The maximum absolute atomic E-state index is 8.44. The van der Waals surface area contributed by atoms with Gasteiger partial charge in [0.2, 0.25) is 0 Å². The van der Waals surface area contributed by atoms with Crippen molar-refractivity contribution in [2.45, 2.75) is 84.5 Å². The van der Waals surface area contributed by atoms with E-state index in [4.69, 9.17) is 29.6 Å². The molecule has 13 aromatic carbocycles. The van der Waals surface area contributed by atoms with Crippen molar-refractivity contribution < 1.29 is 9.68 Å². The predicted octanol–water partition coefficient (Wildman–Crippen LogP) is 23.6. The molecule has 2 aromatic heterocycles. The van der Waals surface area contributed by atoms with E-state index in [0.29, 0.717) is 13.4 Å². The van der Waals surface area contributed by atoms with Crippen LogP contribution in [0.4, 0.5) is 17.1 Å². The number of hydrogen-bond acceptors (Lipinski definition) is 7. The minimum atomic E-state index is -0.327. The molecular weight excluding hydrogens is 1290 g/mol. The summed E-state index contributed by atoms with van der Waals surface area (Å²) in [6, 6.07) is 97.2. The summed E-state index contributed by atoms with van der Waals surface area (Å²) in [6.45, 7) is 18.3. The van der Waals surface area contributed by atoms with Crippen LogP contribution in [0.3, 0.4) is 0 Å². The Hall–Kier alpha value is -10.8. The lowest BCUT2D eigenvalue weighted by Gasteiger charge is -2.28. The molecule has 19 rings (SSSR count). The van der Waals surface area contributed by atoms with Gasteiger partial charge in [0.15, 0.2) is 0 Å².